The molecule has 0 bridgehead atoms. The van der Waals surface area contributed by atoms with E-state index in [1.807, 2.05) is 6.07 Å². The van der Waals surface area contributed by atoms with Crippen LogP contribution >= 0.6 is 11.6 Å². The lowest BCUT2D eigenvalue weighted by Crippen LogP contribution is -2.21. The molecule has 0 spiro atoms. The highest BCUT2D eigenvalue weighted by molar-refractivity contribution is 6.32. The van der Waals surface area contributed by atoms with Crippen molar-refractivity contribution in [2.24, 2.45) is 5.73 Å². The van der Waals surface area contributed by atoms with Gasteiger partial charge in [0.25, 0.3) is 0 Å². The topological polar surface area (TPSA) is 62.9 Å². The van der Waals surface area contributed by atoms with Gasteiger partial charge in [-0.3, -0.25) is 0 Å². The molecule has 3 rings (SSSR count). The van der Waals surface area contributed by atoms with E-state index in [-0.39, 0.29) is 6.10 Å². The molecular formula is C13H16ClNO4. The highest BCUT2D eigenvalue weighted by Crippen LogP contribution is 2.41. The van der Waals surface area contributed by atoms with Crippen molar-refractivity contribution >= 4 is 11.6 Å². The van der Waals surface area contributed by atoms with E-state index in [9.17, 15) is 0 Å². The summed E-state index contributed by atoms with van der Waals surface area (Å²) < 4.78 is 22.5. The molecule has 19 heavy (non-hydrogen) atoms. The fourth-order valence-electron chi connectivity index (χ4n) is 2.13. The Kier molecular flexibility index (Phi) is 3.79. The molecule has 1 fully saturated rings. The Labute approximate surface area is 116 Å². The molecule has 104 valence electrons. The Balaban J connectivity index is 1.87. The molecule has 0 saturated carbocycles. The predicted molar refractivity (Wildman–Crippen MR) is 69.7 cm³/mol. The maximum atomic E-state index is 6.23. The highest BCUT2D eigenvalue weighted by atomic mass is 35.5. The Morgan fingerprint density at radius 3 is 2.89 bits per heavy atom. The van der Waals surface area contributed by atoms with E-state index >= 15 is 0 Å². The van der Waals surface area contributed by atoms with Crippen LogP contribution in [0.1, 0.15) is 18.3 Å². The van der Waals surface area contributed by atoms with Crippen LogP contribution in [0.4, 0.5) is 0 Å². The molecule has 0 aromatic heterocycles. The summed E-state index contributed by atoms with van der Waals surface area (Å²) in [4.78, 5) is 0. The van der Waals surface area contributed by atoms with Crippen molar-refractivity contribution in [1.29, 1.82) is 0 Å². The minimum absolute atomic E-state index is 0.0697. The Morgan fingerprint density at radius 1 is 1.26 bits per heavy atom. The van der Waals surface area contributed by atoms with Crippen LogP contribution in [0.3, 0.4) is 0 Å². The second-order valence-electron chi connectivity index (χ2n) is 4.54. The standard InChI is InChI=1S/C13H16ClNO4/c14-10-4-8(13-18-7-9(6-15)19-13)5-11-12(10)17-3-1-2-16-11/h4-5,9,13H,1-3,6-7,15H2. The summed E-state index contributed by atoms with van der Waals surface area (Å²) in [7, 11) is 0. The van der Waals surface area contributed by atoms with Gasteiger partial charge in [-0.05, 0) is 12.1 Å². The van der Waals surface area contributed by atoms with Crippen LogP contribution in [-0.4, -0.2) is 32.5 Å². The second-order valence-corrected chi connectivity index (χ2v) is 4.95. The van der Waals surface area contributed by atoms with Crippen LogP contribution in [0.5, 0.6) is 11.5 Å². The van der Waals surface area contributed by atoms with Crippen LogP contribution in [-0.2, 0) is 9.47 Å². The number of fused-ring (bicyclic) bond motifs is 1. The van der Waals surface area contributed by atoms with Gasteiger partial charge in [0.05, 0.1) is 30.9 Å². The zero-order valence-electron chi connectivity index (χ0n) is 10.4. The summed E-state index contributed by atoms with van der Waals surface area (Å²) in [6, 6.07) is 3.65. The zero-order valence-corrected chi connectivity index (χ0v) is 11.2. The summed E-state index contributed by atoms with van der Waals surface area (Å²) in [5.74, 6) is 1.24. The van der Waals surface area contributed by atoms with Gasteiger partial charge < -0.3 is 24.7 Å². The lowest BCUT2D eigenvalue weighted by atomic mass is 10.2. The number of ether oxygens (including phenoxy) is 4. The molecule has 2 heterocycles. The van der Waals surface area contributed by atoms with E-state index in [1.54, 1.807) is 6.07 Å². The maximum Gasteiger partial charge on any atom is 0.184 e. The number of hydrogen-bond acceptors (Lipinski definition) is 5. The number of rotatable bonds is 2. The van der Waals surface area contributed by atoms with E-state index in [2.05, 4.69) is 0 Å². The van der Waals surface area contributed by atoms with Crippen LogP contribution in [0, 0.1) is 0 Å². The molecule has 2 N–H and O–H groups in total. The van der Waals surface area contributed by atoms with Crippen molar-refractivity contribution in [3.63, 3.8) is 0 Å². The molecule has 2 aliphatic rings. The Hall–Kier alpha value is -1.01. The third-order valence-corrected chi connectivity index (χ3v) is 3.39. The summed E-state index contributed by atoms with van der Waals surface area (Å²) in [5, 5.41) is 0.512. The summed E-state index contributed by atoms with van der Waals surface area (Å²) in [6.07, 6.45) is 0.328. The predicted octanol–water partition coefficient (Wildman–Crippen LogP) is 1.87. The first kappa shape index (κ1) is 13.0. The molecule has 6 heteroatoms. The number of nitrogens with two attached hydrogens (primary N) is 1. The zero-order chi connectivity index (χ0) is 13.2. The molecular weight excluding hydrogens is 270 g/mol. The molecule has 2 aliphatic heterocycles. The molecule has 1 aromatic carbocycles. The molecule has 0 radical (unpaired) electrons. The molecule has 2 atom stereocenters. The lowest BCUT2D eigenvalue weighted by Gasteiger charge is -2.15. The van der Waals surface area contributed by atoms with Gasteiger partial charge in [0.2, 0.25) is 0 Å². The lowest BCUT2D eigenvalue weighted by molar-refractivity contribution is -0.0586. The smallest absolute Gasteiger partial charge is 0.184 e. The minimum Gasteiger partial charge on any atom is -0.489 e. The molecule has 2 unspecified atom stereocenters. The van der Waals surface area contributed by atoms with Gasteiger partial charge in [0, 0.05) is 18.5 Å². The summed E-state index contributed by atoms with van der Waals surface area (Å²) in [5.41, 5.74) is 6.38. The largest absolute Gasteiger partial charge is 0.489 e. The molecule has 0 amide bonds. The Bertz CT molecular complexity index is 468. The van der Waals surface area contributed by atoms with Crippen molar-refractivity contribution < 1.29 is 18.9 Å². The fraction of sp³-hybridized carbons (Fsp3) is 0.538. The van der Waals surface area contributed by atoms with Crippen molar-refractivity contribution in [1.82, 2.24) is 0 Å². The van der Waals surface area contributed by atoms with Gasteiger partial charge >= 0.3 is 0 Å². The van der Waals surface area contributed by atoms with Crippen LogP contribution in [0.15, 0.2) is 12.1 Å². The summed E-state index contributed by atoms with van der Waals surface area (Å²) in [6.45, 7) is 2.16. The number of benzene rings is 1. The minimum atomic E-state index is -0.441. The molecule has 1 aromatic rings. The van der Waals surface area contributed by atoms with Crippen LogP contribution in [0.2, 0.25) is 5.02 Å². The van der Waals surface area contributed by atoms with Crippen LogP contribution in [0.25, 0.3) is 0 Å². The highest BCUT2D eigenvalue weighted by Gasteiger charge is 2.28. The second kappa shape index (κ2) is 5.54. The van der Waals surface area contributed by atoms with Gasteiger partial charge in [-0.1, -0.05) is 11.6 Å². The number of hydrogen-bond donors (Lipinski definition) is 1. The molecule has 5 nitrogen and oxygen atoms in total. The van der Waals surface area contributed by atoms with Crippen molar-refractivity contribution in [2.45, 2.75) is 18.8 Å². The Morgan fingerprint density at radius 2 is 2.11 bits per heavy atom. The normalized spacial score (nSPS) is 26.2. The first-order chi connectivity index (χ1) is 9.28. The van der Waals surface area contributed by atoms with E-state index in [4.69, 9.17) is 36.3 Å². The van der Waals surface area contributed by atoms with Gasteiger partial charge in [-0.25, -0.2) is 0 Å². The average Bonchev–Trinajstić information content (AvgIpc) is 2.77. The summed E-state index contributed by atoms with van der Waals surface area (Å²) >= 11 is 6.23. The number of halogens is 1. The third kappa shape index (κ3) is 2.65. The van der Waals surface area contributed by atoms with Gasteiger partial charge in [-0.15, -0.1) is 0 Å². The van der Waals surface area contributed by atoms with Gasteiger partial charge in [0.1, 0.15) is 0 Å². The van der Waals surface area contributed by atoms with Crippen molar-refractivity contribution in [2.75, 3.05) is 26.4 Å². The van der Waals surface area contributed by atoms with E-state index in [0.29, 0.717) is 42.9 Å². The quantitative estimate of drug-likeness (QED) is 0.899. The van der Waals surface area contributed by atoms with E-state index < -0.39 is 6.29 Å². The third-order valence-electron chi connectivity index (χ3n) is 3.11. The van der Waals surface area contributed by atoms with E-state index in [1.165, 1.54) is 0 Å². The van der Waals surface area contributed by atoms with E-state index in [0.717, 1.165) is 12.0 Å². The van der Waals surface area contributed by atoms with Gasteiger partial charge in [0.15, 0.2) is 17.8 Å². The maximum absolute atomic E-state index is 6.23. The molecule has 1 saturated heterocycles. The molecule has 0 aliphatic carbocycles. The van der Waals surface area contributed by atoms with Crippen molar-refractivity contribution in [3.05, 3.63) is 22.7 Å². The van der Waals surface area contributed by atoms with Gasteiger partial charge in [-0.2, -0.15) is 0 Å². The monoisotopic (exact) mass is 285 g/mol. The first-order valence-corrected chi connectivity index (χ1v) is 6.72. The van der Waals surface area contributed by atoms with Crippen LogP contribution < -0.4 is 15.2 Å². The average molecular weight is 286 g/mol. The SMILES string of the molecule is NCC1COC(c2cc(Cl)c3c(c2)OCCCO3)O1. The first-order valence-electron chi connectivity index (χ1n) is 6.34. The fourth-order valence-corrected chi connectivity index (χ4v) is 2.41. The van der Waals surface area contributed by atoms with Crippen molar-refractivity contribution in [3.8, 4) is 11.5 Å².